The van der Waals surface area contributed by atoms with Crippen LogP contribution in [0.1, 0.15) is 18.4 Å². The molecule has 1 aliphatic carbocycles. The quantitative estimate of drug-likeness (QED) is 0.915. The SMILES string of the molecule is Brc1cncc(CNCC2=CCCC=C2)c1. The lowest BCUT2D eigenvalue weighted by Gasteiger charge is -2.08. The molecule has 0 aliphatic heterocycles. The first kappa shape index (κ1) is 11.6. The third-order valence-electron chi connectivity index (χ3n) is 2.49. The number of hydrogen-bond acceptors (Lipinski definition) is 2. The fourth-order valence-electron chi connectivity index (χ4n) is 1.70. The van der Waals surface area contributed by atoms with Crippen LogP contribution >= 0.6 is 15.9 Å². The first-order chi connectivity index (χ1) is 7.84. The van der Waals surface area contributed by atoms with Crippen LogP contribution in [0.15, 0.2) is 46.7 Å². The van der Waals surface area contributed by atoms with Gasteiger partial charge in [-0.25, -0.2) is 0 Å². The highest BCUT2D eigenvalue weighted by atomic mass is 79.9. The molecule has 1 aromatic rings. The van der Waals surface area contributed by atoms with E-state index in [4.69, 9.17) is 0 Å². The average Bonchev–Trinajstić information content (AvgIpc) is 2.30. The van der Waals surface area contributed by atoms with Gasteiger partial charge >= 0.3 is 0 Å². The van der Waals surface area contributed by atoms with E-state index in [2.05, 4.69) is 50.5 Å². The first-order valence-corrected chi connectivity index (χ1v) is 6.29. The maximum Gasteiger partial charge on any atom is 0.0410 e. The summed E-state index contributed by atoms with van der Waals surface area (Å²) in [5, 5.41) is 3.42. The van der Waals surface area contributed by atoms with Gasteiger partial charge in [-0.1, -0.05) is 18.2 Å². The molecule has 0 radical (unpaired) electrons. The van der Waals surface area contributed by atoms with Gasteiger partial charge in [-0.05, 0) is 46.0 Å². The van der Waals surface area contributed by atoms with Gasteiger partial charge in [0.1, 0.15) is 0 Å². The Balaban J connectivity index is 1.80. The Hall–Kier alpha value is -0.930. The standard InChI is InChI=1S/C13H15BrN2/c14-13-6-12(9-16-10-13)8-15-7-11-4-2-1-3-5-11/h2,4-6,9-10,15H,1,3,7-8H2. The van der Waals surface area contributed by atoms with Gasteiger partial charge in [0.15, 0.2) is 0 Å². The second kappa shape index (κ2) is 5.97. The molecule has 0 spiro atoms. The fourth-order valence-corrected chi connectivity index (χ4v) is 2.11. The molecule has 0 saturated heterocycles. The summed E-state index contributed by atoms with van der Waals surface area (Å²) in [4.78, 5) is 4.13. The number of pyridine rings is 1. The summed E-state index contributed by atoms with van der Waals surface area (Å²) in [7, 11) is 0. The van der Waals surface area contributed by atoms with Crippen molar-refractivity contribution < 1.29 is 0 Å². The molecular formula is C13H15BrN2. The maximum atomic E-state index is 4.13. The number of halogens is 1. The van der Waals surface area contributed by atoms with Crippen molar-refractivity contribution >= 4 is 15.9 Å². The molecule has 1 N–H and O–H groups in total. The molecule has 0 amide bonds. The summed E-state index contributed by atoms with van der Waals surface area (Å²) < 4.78 is 1.03. The Morgan fingerprint density at radius 3 is 2.94 bits per heavy atom. The number of allylic oxidation sites excluding steroid dienone is 2. The van der Waals surface area contributed by atoms with Crippen molar-refractivity contribution in [2.75, 3.05) is 6.54 Å². The van der Waals surface area contributed by atoms with Crippen molar-refractivity contribution in [1.29, 1.82) is 0 Å². The zero-order chi connectivity index (χ0) is 11.2. The number of nitrogens with one attached hydrogen (secondary N) is 1. The molecule has 1 aliphatic rings. The predicted octanol–water partition coefficient (Wildman–Crippen LogP) is 3.21. The summed E-state index contributed by atoms with van der Waals surface area (Å²) in [5.41, 5.74) is 2.59. The fraction of sp³-hybridized carbons (Fsp3) is 0.308. The van der Waals surface area contributed by atoms with E-state index in [0.29, 0.717) is 0 Å². The van der Waals surface area contributed by atoms with Gasteiger partial charge in [0, 0.05) is 30.0 Å². The van der Waals surface area contributed by atoms with Crippen molar-refractivity contribution in [3.8, 4) is 0 Å². The third-order valence-corrected chi connectivity index (χ3v) is 2.93. The smallest absolute Gasteiger partial charge is 0.0410 e. The van der Waals surface area contributed by atoms with Crippen LogP contribution in [0.2, 0.25) is 0 Å². The predicted molar refractivity (Wildman–Crippen MR) is 70.1 cm³/mol. The van der Waals surface area contributed by atoms with Crippen LogP contribution in [0.4, 0.5) is 0 Å². The number of rotatable bonds is 4. The minimum atomic E-state index is 0.859. The van der Waals surface area contributed by atoms with Crippen LogP contribution < -0.4 is 5.32 Å². The molecule has 2 rings (SSSR count). The highest BCUT2D eigenvalue weighted by Crippen LogP contribution is 2.10. The minimum Gasteiger partial charge on any atom is -0.309 e. The average molecular weight is 279 g/mol. The van der Waals surface area contributed by atoms with Crippen LogP contribution in [0.3, 0.4) is 0 Å². The van der Waals surface area contributed by atoms with Crippen LogP contribution in [0, 0.1) is 0 Å². The second-order valence-corrected chi connectivity index (χ2v) is 4.79. The van der Waals surface area contributed by atoms with Gasteiger partial charge in [0.05, 0.1) is 0 Å². The molecule has 1 aromatic heterocycles. The van der Waals surface area contributed by atoms with Crippen molar-refractivity contribution in [3.05, 3.63) is 52.3 Å². The molecule has 0 saturated carbocycles. The molecule has 0 bridgehead atoms. The minimum absolute atomic E-state index is 0.859. The third kappa shape index (κ3) is 3.58. The summed E-state index contributed by atoms with van der Waals surface area (Å²) in [6.07, 6.45) is 12.8. The molecule has 1 heterocycles. The summed E-state index contributed by atoms with van der Waals surface area (Å²) in [5.74, 6) is 0. The van der Waals surface area contributed by atoms with Crippen LogP contribution in [0.25, 0.3) is 0 Å². The van der Waals surface area contributed by atoms with Crippen LogP contribution in [-0.4, -0.2) is 11.5 Å². The van der Waals surface area contributed by atoms with E-state index < -0.39 is 0 Å². The zero-order valence-corrected chi connectivity index (χ0v) is 10.7. The Kier molecular flexibility index (Phi) is 4.31. The normalized spacial score (nSPS) is 14.9. The summed E-state index contributed by atoms with van der Waals surface area (Å²) in [6.45, 7) is 1.79. The topological polar surface area (TPSA) is 24.9 Å². The van der Waals surface area contributed by atoms with Gasteiger partial charge in [0.2, 0.25) is 0 Å². The van der Waals surface area contributed by atoms with Crippen molar-refractivity contribution in [3.63, 3.8) is 0 Å². The van der Waals surface area contributed by atoms with Crippen molar-refractivity contribution in [1.82, 2.24) is 10.3 Å². The van der Waals surface area contributed by atoms with E-state index >= 15 is 0 Å². The van der Waals surface area contributed by atoms with E-state index in [-0.39, 0.29) is 0 Å². The molecule has 0 aromatic carbocycles. The zero-order valence-electron chi connectivity index (χ0n) is 9.12. The Morgan fingerprint density at radius 2 is 2.19 bits per heavy atom. The second-order valence-electron chi connectivity index (χ2n) is 3.87. The van der Waals surface area contributed by atoms with Gasteiger partial charge in [-0.15, -0.1) is 0 Å². The van der Waals surface area contributed by atoms with E-state index in [1.54, 1.807) is 6.20 Å². The first-order valence-electron chi connectivity index (χ1n) is 5.50. The molecule has 84 valence electrons. The molecular weight excluding hydrogens is 264 g/mol. The highest BCUT2D eigenvalue weighted by Gasteiger charge is 1.98. The monoisotopic (exact) mass is 278 g/mol. The lowest BCUT2D eigenvalue weighted by molar-refractivity contribution is 0.738. The maximum absolute atomic E-state index is 4.13. The van der Waals surface area contributed by atoms with Gasteiger partial charge < -0.3 is 5.32 Å². The van der Waals surface area contributed by atoms with Gasteiger partial charge in [0.25, 0.3) is 0 Å². The molecule has 0 unspecified atom stereocenters. The Bertz CT molecular complexity index is 410. The Morgan fingerprint density at radius 1 is 1.25 bits per heavy atom. The van der Waals surface area contributed by atoms with Gasteiger partial charge in [-0.2, -0.15) is 0 Å². The van der Waals surface area contributed by atoms with E-state index in [1.807, 2.05) is 6.20 Å². The highest BCUT2D eigenvalue weighted by molar-refractivity contribution is 9.10. The van der Waals surface area contributed by atoms with E-state index in [0.717, 1.165) is 17.6 Å². The molecule has 3 heteroatoms. The summed E-state index contributed by atoms with van der Waals surface area (Å²) >= 11 is 3.42. The molecule has 2 nitrogen and oxygen atoms in total. The van der Waals surface area contributed by atoms with Crippen LogP contribution in [-0.2, 0) is 6.54 Å². The lowest BCUT2D eigenvalue weighted by Crippen LogP contribution is -2.16. The number of aromatic nitrogens is 1. The van der Waals surface area contributed by atoms with Gasteiger partial charge in [-0.3, -0.25) is 4.98 Å². The number of hydrogen-bond donors (Lipinski definition) is 1. The molecule has 0 fully saturated rings. The number of nitrogens with zero attached hydrogens (tertiary/aromatic N) is 1. The van der Waals surface area contributed by atoms with Crippen LogP contribution in [0.5, 0.6) is 0 Å². The van der Waals surface area contributed by atoms with Crippen molar-refractivity contribution in [2.45, 2.75) is 19.4 Å². The van der Waals surface area contributed by atoms with Crippen molar-refractivity contribution in [2.24, 2.45) is 0 Å². The lowest BCUT2D eigenvalue weighted by atomic mass is 10.1. The largest absolute Gasteiger partial charge is 0.309 e. The van der Waals surface area contributed by atoms with E-state index in [9.17, 15) is 0 Å². The summed E-state index contributed by atoms with van der Waals surface area (Å²) in [6, 6.07) is 2.09. The Labute approximate surface area is 105 Å². The molecule has 16 heavy (non-hydrogen) atoms. The van der Waals surface area contributed by atoms with E-state index in [1.165, 1.54) is 24.0 Å². The molecule has 0 atom stereocenters.